The lowest BCUT2D eigenvalue weighted by atomic mass is 10.2. The molecule has 0 saturated carbocycles. The zero-order valence-corrected chi connectivity index (χ0v) is 9.83. The van der Waals surface area contributed by atoms with Crippen LogP contribution in [0.1, 0.15) is 5.56 Å². The minimum atomic E-state index is -4.28. The fourth-order valence-electron chi connectivity index (χ4n) is 1.16. The number of rotatable bonds is 6. The number of hydrogen-bond donors (Lipinski definition) is 2. The maximum atomic E-state index is 11.8. The Morgan fingerprint density at radius 1 is 1.41 bits per heavy atom. The second kappa shape index (κ2) is 6.61. The van der Waals surface area contributed by atoms with Crippen molar-refractivity contribution in [1.82, 2.24) is 10.6 Å². The summed E-state index contributed by atoms with van der Waals surface area (Å²) in [7, 11) is 0. The Hall–Kier alpha value is -1.08. The summed E-state index contributed by atoms with van der Waals surface area (Å²) in [4.78, 5) is 11.1. The molecule has 0 unspecified atom stereocenters. The fourth-order valence-corrected chi connectivity index (χ4v) is 1.86. The topological polar surface area (TPSA) is 41.1 Å². The van der Waals surface area contributed by atoms with Gasteiger partial charge in [0.15, 0.2) is 0 Å². The molecule has 0 fully saturated rings. The van der Waals surface area contributed by atoms with E-state index in [1.165, 1.54) is 0 Å². The molecule has 0 aliphatic heterocycles. The first kappa shape index (κ1) is 14.0. The van der Waals surface area contributed by atoms with Crippen LogP contribution in [0.25, 0.3) is 0 Å². The minimum absolute atomic E-state index is 0.316. The van der Waals surface area contributed by atoms with Crippen LogP contribution in [0.2, 0.25) is 0 Å². The Balaban J connectivity index is 2.05. The summed E-state index contributed by atoms with van der Waals surface area (Å²) in [5.41, 5.74) is 1.11. The van der Waals surface area contributed by atoms with Gasteiger partial charge in [-0.3, -0.25) is 4.79 Å². The van der Waals surface area contributed by atoms with Crippen LogP contribution in [-0.4, -0.2) is 31.7 Å². The van der Waals surface area contributed by atoms with Gasteiger partial charge in [-0.25, -0.2) is 0 Å². The van der Waals surface area contributed by atoms with E-state index in [9.17, 15) is 18.0 Å². The normalized spacial score (nSPS) is 11.5. The third kappa shape index (κ3) is 6.96. The number of amides is 1. The average molecular weight is 266 g/mol. The molecular weight excluding hydrogens is 253 g/mol. The highest BCUT2D eigenvalue weighted by molar-refractivity contribution is 7.07. The van der Waals surface area contributed by atoms with Crippen LogP contribution in [0.15, 0.2) is 16.8 Å². The lowest BCUT2D eigenvalue weighted by Crippen LogP contribution is -2.38. The van der Waals surface area contributed by atoms with Crippen LogP contribution in [-0.2, 0) is 11.2 Å². The molecule has 0 bridgehead atoms. The van der Waals surface area contributed by atoms with Gasteiger partial charge in [0, 0.05) is 6.54 Å². The van der Waals surface area contributed by atoms with Crippen LogP contribution in [0, 0.1) is 0 Å². The van der Waals surface area contributed by atoms with E-state index < -0.39 is 18.6 Å². The van der Waals surface area contributed by atoms with Crippen molar-refractivity contribution in [2.24, 2.45) is 0 Å². The van der Waals surface area contributed by atoms with Crippen molar-refractivity contribution in [1.29, 1.82) is 0 Å². The van der Waals surface area contributed by atoms with Gasteiger partial charge < -0.3 is 10.6 Å². The minimum Gasteiger partial charge on any atom is -0.355 e. The number of alkyl halides is 3. The molecule has 7 heteroatoms. The molecule has 1 heterocycles. The molecule has 0 aromatic carbocycles. The molecule has 0 spiro atoms. The van der Waals surface area contributed by atoms with E-state index in [1.54, 1.807) is 11.3 Å². The van der Waals surface area contributed by atoms with Crippen molar-refractivity contribution >= 4 is 17.2 Å². The van der Waals surface area contributed by atoms with E-state index in [0.717, 1.165) is 5.56 Å². The first-order valence-electron chi connectivity index (χ1n) is 5.02. The first-order valence-corrected chi connectivity index (χ1v) is 5.97. The van der Waals surface area contributed by atoms with E-state index in [1.807, 2.05) is 22.1 Å². The molecule has 1 aromatic rings. The van der Waals surface area contributed by atoms with Gasteiger partial charge in [0.05, 0.1) is 13.1 Å². The summed E-state index contributed by atoms with van der Waals surface area (Å²) < 4.78 is 35.3. The summed E-state index contributed by atoms with van der Waals surface area (Å²) in [6, 6.07) is 1.94. The average Bonchev–Trinajstić information content (AvgIpc) is 2.68. The largest absolute Gasteiger partial charge is 0.401 e. The molecular formula is C10H13F3N2OS. The zero-order chi connectivity index (χ0) is 12.7. The number of halogens is 3. The molecule has 0 radical (unpaired) electrons. The van der Waals surface area contributed by atoms with Gasteiger partial charge in [-0.15, -0.1) is 0 Å². The zero-order valence-electron chi connectivity index (χ0n) is 9.01. The molecule has 0 atom stereocenters. The third-order valence-electron chi connectivity index (χ3n) is 1.93. The Morgan fingerprint density at radius 2 is 2.18 bits per heavy atom. The molecule has 1 rings (SSSR count). The maximum absolute atomic E-state index is 11.8. The van der Waals surface area contributed by atoms with E-state index in [4.69, 9.17) is 0 Å². The second-order valence-corrected chi connectivity index (χ2v) is 4.23. The SMILES string of the molecule is O=C(CNCC(F)(F)F)NCCc1ccsc1. The van der Waals surface area contributed by atoms with Gasteiger partial charge in [-0.05, 0) is 28.8 Å². The van der Waals surface area contributed by atoms with Gasteiger partial charge in [-0.1, -0.05) is 0 Å². The molecule has 0 saturated heterocycles. The maximum Gasteiger partial charge on any atom is 0.401 e. The highest BCUT2D eigenvalue weighted by Gasteiger charge is 2.26. The number of carbonyl (C=O) groups excluding carboxylic acids is 1. The summed E-state index contributed by atoms with van der Waals surface area (Å²) in [6.07, 6.45) is -3.59. The van der Waals surface area contributed by atoms with Gasteiger partial charge in [0.2, 0.25) is 5.91 Å². The van der Waals surface area contributed by atoms with Crippen molar-refractivity contribution in [3.8, 4) is 0 Å². The van der Waals surface area contributed by atoms with E-state index in [-0.39, 0.29) is 6.54 Å². The predicted molar refractivity (Wildman–Crippen MR) is 60.0 cm³/mol. The standard InChI is InChI=1S/C10H13F3N2OS/c11-10(12,13)7-14-5-9(16)15-3-1-8-2-4-17-6-8/h2,4,6,14H,1,3,5,7H2,(H,15,16). The Kier molecular flexibility index (Phi) is 5.43. The Morgan fingerprint density at radius 3 is 2.76 bits per heavy atom. The summed E-state index contributed by atoms with van der Waals surface area (Å²) in [5.74, 6) is -0.426. The molecule has 2 N–H and O–H groups in total. The number of hydrogen-bond acceptors (Lipinski definition) is 3. The van der Waals surface area contributed by atoms with Crippen molar-refractivity contribution in [3.05, 3.63) is 22.4 Å². The number of nitrogens with one attached hydrogen (secondary N) is 2. The molecule has 0 aliphatic rings. The van der Waals surface area contributed by atoms with Crippen LogP contribution < -0.4 is 10.6 Å². The highest BCUT2D eigenvalue weighted by Crippen LogP contribution is 2.11. The third-order valence-corrected chi connectivity index (χ3v) is 2.66. The lowest BCUT2D eigenvalue weighted by Gasteiger charge is -2.08. The van der Waals surface area contributed by atoms with Crippen molar-refractivity contribution < 1.29 is 18.0 Å². The molecule has 3 nitrogen and oxygen atoms in total. The fraction of sp³-hybridized carbons (Fsp3) is 0.500. The van der Waals surface area contributed by atoms with Crippen LogP contribution in [0.3, 0.4) is 0 Å². The number of carbonyl (C=O) groups is 1. The van der Waals surface area contributed by atoms with Crippen molar-refractivity contribution in [2.45, 2.75) is 12.6 Å². The van der Waals surface area contributed by atoms with Gasteiger partial charge in [-0.2, -0.15) is 24.5 Å². The monoisotopic (exact) mass is 266 g/mol. The van der Waals surface area contributed by atoms with Gasteiger partial charge >= 0.3 is 6.18 Å². The molecule has 96 valence electrons. The van der Waals surface area contributed by atoms with E-state index in [2.05, 4.69) is 5.32 Å². The number of thiophene rings is 1. The van der Waals surface area contributed by atoms with Crippen molar-refractivity contribution in [2.75, 3.05) is 19.6 Å². The predicted octanol–water partition coefficient (Wildman–Crippen LogP) is 1.56. The Bertz CT molecular complexity index is 338. The van der Waals surface area contributed by atoms with Gasteiger partial charge in [0.1, 0.15) is 0 Å². The molecule has 1 aromatic heterocycles. The smallest absolute Gasteiger partial charge is 0.355 e. The van der Waals surface area contributed by atoms with Crippen LogP contribution >= 0.6 is 11.3 Å². The Labute approximate surface area is 101 Å². The molecule has 17 heavy (non-hydrogen) atoms. The summed E-state index contributed by atoms with van der Waals surface area (Å²) in [6.45, 7) is -1.03. The first-order chi connectivity index (χ1) is 7.97. The molecule has 1 amide bonds. The van der Waals surface area contributed by atoms with E-state index >= 15 is 0 Å². The van der Waals surface area contributed by atoms with Gasteiger partial charge in [0.25, 0.3) is 0 Å². The lowest BCUT2D eigenvalue weighted by molar-refractivity contribution is -0.128. The molecule has 0 aliphatic carbocycles. The van der Waals surface area contributed by atoms with E-state index in [0.29, 0.717) is 13.0 Å². The van der Waals surface area contributed by atoms with Crippen LogP contribution in [0.5, 0.6) is 0 Å². The quantitative estimate of drug-likeness (QED) is 0.820. The second-order valence-electron chi connectivity index (χ2n) is 3.45. The summed E-state index contributed by atoms with van der Waals surface area (Å²) >= 11 is 1.56. The van der Waals surface area contributed by atoms with Crippen LogP contribution in [0.4, 0.5) is 13.2 Å². The van der Waals surface area contributed by atoms with Crippen molar-refractivity contribution in [3.63, 3.8) is 0 Å². The summed E-state index contributed by atoms with van der Waals surface area (Å²) in [5, 5.41) is 8.48. The highest BCUT2D eigenvalue weighted by atomic mass is 32.1.